The highest BCUT2D eigenvalue weighted by molar-refractivity contribution is 6.81. The second kappa shape index (κ2) is 8.06. The van der Waals surface area contributed by atoms with Gasteiger partial charge >= 0.3 is 0 Å². The lowest BCUT2D eigenvalue weighted by Crippen LogP contribution is -2.26. The molecule has 1 N–H and O–H groups in total. The fourth-order valence-corrected chi connectivity index (χ4v) is 3.99. The van der Waals surface area contributed by atoms with Crippen molar-refractivity contribution in [1.29, 1.82) is 0 Å². The minimum absolute atomic E-state index is 0.123. The molecule has 0 radical (unpaired) electrons. The topological polar surface area (TPSA) is 38.7 Å². The first-order chi connectivity index (χ1) is 10.5. The van der Waals surface area contributed by atoms with Crippen molar-refractivity contribution in [3.63, 3.8) is 0 Å². The molecule has 3 nitrogen and oxygen atoms in total. The van der Waals surface area contributed by atoms with Crippen molar-refractivity contribution in [2.45, 2.75) is 51.3 Å². The summed E-state index contributed by atoms with van der Waals surface area (Å²) in [6, 6.07) is 9.79. The van der Waals surface area contributed by atoms with Crippen molar-refractivity contribution in [3.8, 4) is 0 Å². The summed E-state index contributed by atoms with van der Waals surface area (Å²) in [4.78, 5) is 0. The van der Waals surface area contributed by atoms with Gasteiger partial charge in [0, 0.05) is 6.61 Å². The highest BCUT2D eigenvalue weighted by Gasteiger charge is 2.21. The summed E-state index contributed by atoms with van der Waals surface area (Å²) in [5.41, 5.74) is 4.12. The smallest absolute Gasteiger partial charge is 0.158 e. The van der Waals surface area contributed by atoms with Crippen LogP contribution in [0.3, 0.4) is 0 Å². The molecule has 2 unspecified atom stereocenters. The van der Waals surface area contributed by atoms with Crippen molar-refractivity contribution in [2.24, 2.45) is 0 Å². The summed E-state index contributed by atoms with van der Waals surface area (Å²) in [5, 5.41) is 10.7. The fourth-order valence-electron chi connectivity index (χ4n) is 2.64. The number of aliphatic hydroxyl groups excluding tert-OH is 1. The van der Waals surface area contributed by atoms with E-state index in [1.807, 2.05) is 30.3 Å². The normalized spacial score (nSPS) is 21.6. The number of hydrogen-bond acceptors (Lipinski definition) is 3. The van der Waals surface area contributed by atoms with Gasteiger partial charge in [0.25, 0.3) is 0 Å². The van der Waals surface area contributed by atoms with Gasteiger partial charge in [0.2, 0.25) is 0 Å². The minimum Gasteiger partial charge on any atom is -0.384 e. The van der Waals surface area contributed by atoms with Gasteiger partial charge in [-0.1, -0.05) is 55.7 Å². The molecule has 1 fully saturated rings. The van der Waals surface area contributed by atoms with Gasteiger partial charge in [0.05, 0.1) is 14.7 Å². The summed E-state index contributed by atoms with van der Waals surface area (Å²) in [6.07, 6.45) is 2.49. The molecule has 0 aromatic heterocycles. The lowest BCUT2D eigenvalue weighted by Gasteiger charge is -2.25. The van der Waals surface area contributed by atoms with E-state index >= 15 is 0 Å². The van der Waals surface area contributed by atoms with Gasteiger partial charge < -0.3 is 14.6 Å². The highest BCUT2D eigenvalue weighted by Crippen LogP contribution is 2.25. The maximum atomic E-state index is 10.7. The number of hydrogen-bond donors (Lipinski definition) is 1. The van der Waals surface area contributed by atoms with Crippen LogP contribution in [-0.4, -0.2) is 32.7 Å². The van der Waals surface area contributed by atoms with Crippen LogP contribution >= 0.6 is 0 Å². The molecule has 0 amide bonds. The quantitative estimate of drug-likeness (QED) is 0.803. The third-order valence-electron chi connectivity index (χ3n) is 3.66. The average molecular weight is 321 g/mol. The van der Waals surface area contributed by atoms with E-state index in [0.29, 0.717) is 6.61 Å². The van der Waals surface area contributed by atoms with E-state index in [9.17, 15) is 5.11 Å². The molecule has 1 aliphatic rings. The second-order valence-electron chi connectivity index (χ2n) is 7.01. The molecule has 1 saturated heterocycles. The number of rotatable bonds is 6. The molecule has 122 valence electrons. The molecule has 2 atom stereocenters. The highest BCUT2D eigenvalue weighted by atomic mass is 28.3. The van der Waals surface area contributed by atoms with Crippen LogP contribution in [0.2, 0.25) is 19.6 Å². The third-order valence-corrected chi connectivity index (χ3v) is 4.90. The van der Waals surface area contributed by atoms with E-state index in [2.05, 4.69) is 25.3 Å². The standard InChI is InChI=1S/C18H28O3Si/c1-22(2,3)14-16(13-21-17-11-7-8-12-20-17)18(19)15-9-5-4-6-10-15/h4-6,9-10,14,17-19H,7-8,11-13H2,1-3H3/b16-14+. The van der Waals surface area contributed by atoms with Crippen LogP contribution in [0, 0.1) is 0 Å². The van der Waals surface area contributed by atoms with Gasteiger partial charge in [-0.3, -0.25) is 0 Å². The second-order valence-corrected chi connectivity index (χ2v) is 12.0. The van der Waals surface area contributed by atoms with Crippen molar-refractivity contribution in [2.75, 3.05) is 13.2 Å². The van der Waals surface area contributed by atoms with Gasteiger partial charge in [-0.05, 0) is 30.4 Å². The molecule has 0 bridgehead atoms. The number of aliphatic hydroxyl groups is 1. The van der Waals surface area contributed by atoms with Crippen LogP contribution in [0.15, 0.2) is 41.6 Å². The van der Waals surface area contributed by atoms with Crippen molar-refractivity contribution >= 4 is 8.07 Å². The van der Waals surface area contributed by atoms with Crippen LogP contribution in [0.1, 0.15) is 30.9 Å². The van der Waals surface area contributed by atoms with E-state index in [1.165, 1.54) is 0 Å². The number of ether oxygens (including phenoxy) is 2. The van der Waals surface area contributed by atoms with Crippen LogP contribution in [0.4, 0.5) is 0 Å². The Hall–Kier alpha value is -0.943. The van der Waals surface area contributed by atoms with Crippen molar-refractivity contribution in [1.82, 2.24) is 0 Å². The Morgan fingerprint density at radius 3 is 2.64 bits per heavy atom. The Balaban J connectivity index is 2.07. The van der Waals surface area contributed by atoms with Crippen LogP contribution in [0.25, 0.3) is 0 Å². The molecule has 1 aliphatic heterocycles. The zero-order valence-corrected chi connectivity index (χ0v) is 14.9. The fraction of sp³-hybridized carbons (Fsp3) is 0.556. The van der Waals surface area contributed by atoms with Gasteiger partial charge in [-0.2, -0.15) is 0 Å². The monoisotopic (exact) mass is 320 g/mol. The van der Waals surface area contributed by atoms with Gasteiger partial charge in [0.1, 0.15) is 6.10 Å². The Labute approximate surface area is 135 Å². The van der Waals surface area contributed by atoms with Crippen molar-refractivity contribution < 1.29 is 14.6 Å². The van der Waals surface area contributed by atoms with Crippen molar-refractivity contribution in [3.05, 3.63) is 47.2 Å². The first kappa shape index (κ1) is 17.4. The van der Waals surface area contributed by atoms with Crippen LogP contribution in [0.5, 0.6) is 0 Å². The molecule has 1 aromatic carbocycles. The van der Waals surface area contributed by atoms with Gasteiger partial charge in [0.15, 0.2) is 6.29 Å². The van der Waals surface area contributed by atoms with E-state index in [4.69, 9.17) is 9.47 Å². The van der Waals surface area contributed by atoms with E-state index < -0.39 is 14.2 Å². The summed E-state index contributed by atoms with van der Waals surface area (Å²) < 4.78 is 11.5. The largest absolute Gasteiger partial charge is 0.384 e. The van der Waals surface area contributed by atoms with Crippen LogP contribution < -0.4 is 0 Å². The lowest BCUT2D eigenvalue weighted by atomic mass is 10.0. The predicted molar refractivity (Wildman–Crippen MR) is 92.4 cm³/mol. The number of benzene rings is 1. The molecule has 22 heavy (non-hydrogen) atoms. The van der Waals surface area contributed by atoms with E-state index in [-0.39, 0.29) is 6.29 Å². The summed E-state index contributed by atoms with van der Waals surface area (Å²) in [7, 11) is -1.45. The lowest BCUT2D eigenvalue weighted by molar-refractivity contribution is -0.158. The molecule has 0 aliphatic carbocycles. The summed E-state index contributed by atoms with van der Waals surface area (Å²) in [5.74, 6) is 0. The van der Waals surface area contributed by atoms with Gasteiger partial charge in [-0.15, -0.1) is 0 Å². The van der Waals surface area contributed by atoms with E-state index in [1.54, 1.807) is 0 Å². The maximum absolute atomic E-state index is 10.7. The third kappa shape index (κ3) is 5.69. The Bertz CT molecular complexity index is 473. The molecule has 1 heterocycles. The SMILES string of the molecule is C[Si](C)(C)/C=C(\COC1CCCCO1)C(O)c1ccccc1. The molecular formula is C18H28O3Si. The minimum atomic E-state index is -1.45. The Morgan fingerprint density at radius 2 is 2.05 bits per heavy atom. The molecule has 0 spiro atoms. The molecule has 4 heteroatoms. The summed E-state index contributed by atoms with van der Waals surface area (Å²) in [6.45, 7) is 8.01. The maximum Gasteiger partial charge on any atom is 0.158 e. The summed E-state index contributed by atoms with van der Waals surface area (Å²) >= 11 is 0. The average Bonchev–Trinajstić information content (AvgIpc) is 2.51. The molecule has 0 saturated carbocycles. The molecule has 2 rings (SSSR count). The molecular weight excluding hydrogens is 292 g/mol. The first-order valence-electron chi connectivity index (χ1n) is 8.13. The first-order valence-corrected chi connectivity index (χ1v) is 11.7. The Kier molecular flexibility index (Phi) is 6.38. The molecule has 1 aromatic rings. The Morgan fingerprint density at radius 1 is 1.32 bits per heavy atom. The predicted octanol–water partition coefficient (Wildman–Crippen LogP) is 4.07. The zero-order valence-electron chi connectivity index (χ0n) is 13.9. The van der Waals surface area contributed by atoms with Gasteiger partial charge in [-0.25, -0.2) is 0 Å². The van der Waals surface area contributed by atoms with Crippen LogP contribution in [-0.2, 0) is 9.47 Å². The van der Waals surface area contributed by atoms with E-state index in [0.717, 1.165) is 37.0 Å². The zero-order chi connectivity index (χ0) is 16.0.